The third-order valence-electron chi connectivity index (χ3n) is 3.46. The van der Waals surface area contributed by atoms with E-state index in [0.717, 1.165) is 16.2 Å². The molecule has 2 aliphatic rings. The fraction of sp³-hybridized carbons (Fsp3) is 0.214. The van der Waals surface area contributed by atoms with Crippen molar-refractivity contribution in [3.63, 3.8) is 0 Å². The quantitative estimate of drug-likeness (QED) is 0.851. The number of hydrogen-bond acceptors (Lipinski definition) is 3. The van der Waals surface area contributed by atoms with E-state index in [1.54, 1.807) is 13.0 Å². The standard InChI is InChI=1S/C14H12ClNO2S/c1-14-11(8-12(15)19-14)10(13(17)16(14)18)7-9-5-3-2-4-6-9/h2-6,8,18H,7H2,1H3. The molecule has 1 N–H and O–H groups in total. The van der Waals surface area contributed by atoms with Gasteiger partial charge in [0.2, 0.25) is 0 Å². The molecule has 98 valence electrons. The second-order valence-corrected chi connectivity index (χ2v) is 6.78. The van der Waals surface area contributed by atoms with E-state index in [1.165, 1.54) is 11.8 Å². The molecule has 1 aromatic rings. The van der Waals surface area contributed by atoms with E-state index >= 15 is 0 Å². The van der Waals surface area contributed by atoms with Gasteiger partial charge in [-0.2, -0.15) is 5.06 Å². The molecule has 2 heterocycles. The zero-order valence-corrected chi connectivity index (χ0v) is 11.8. The molecular formula is C14H12ClNO2S. The number of nitrogens with zero attached hydrogens (tertiary/aromatic N) is 1. The molecule has 1 unspecified atom stereocenters. The highest BCUT2D eigenvalue weighted by Gasteiger charge is 2.51. The van der Waals surface area contributed by atoms with E-state index in [4.69, 9.17) is 11.6 Å². The lowest BCUT2D eigenvalue weighted by Gasteiger charge is -2.27. The molecule has 2 aliphatic heterocycles. The van der Waals surface area contributed by atoms with Gasteiger partial charge in [0, 0.05) is 17.6 Å². The van der Waals surface area contributed by atoms with E-state index in [1.807, 2.05) is 30.3 Å². The Morgan fingerprint density at radius 3 is 2.74 bits per heavy atom. The van der Waals surface area contributed by atoms with Gasteiger partial charge in [-0.25, -0.2) is 0 Å². The normalized spacial score (nSPS) is 25.9. The molecule has 1 atom stereocenters. The number of amides is 1. The summed E-state index contributed by atoms with van der Waals surface area (Å²) in [7, 11) is 0. The molecule has 19 heavy (non-hydrogen) atoms. The van der Waals surface area contributed by atoms with Crippen molar-refractivity contribution in [1.82, 2.24) is 5.06 Å². The lowest BCUT2D eigenvalue weighted by atomic mass is 9.99. The molecule has 3 rings (SSSR count). The van der Waals surface area contributed by atoms with Gasteiger partial charge < -0.3 is 0 Å². The fourth-order valence-corrected chi connectivity index (χ4v) is 4.03. The van der Waals surface area contributed by atoms with Gasteiger partial charge in [0.05, 0.1) is 4.36 Å². The average Bonchev–Trinajstić information content (AvgIpc) is 2.78. The highest BCUT2D eigenvalue weighted by atomic mass is 35.5. The maximum atomic E-state index is 12.2. The van der Waals surface area contributed by atoms with Crippen molar-refractivity contribution in [1.29, 1.82) is 0 Å². The van der Waals surface area contributed by atoms with Crippen molar-refractivity contribution >= 4 is 29.3 Å². The van der Waals surface area contributed by atoms with Crippen LogP contribution < -0.4 is 0 Å². The van der Waals surface area contributed by atoms with Crippen molar-refractivity contribution in [2.24, 2.45) is 0 Å². The van der Waals surface area contributed by atoms with E-state index in [0.29, 0.717) is 16.4 Å². The van der Waals surface area contributed by atoms with Crippen molar-refractivity contribution in [3.05, 3.63) is 57.5 Å². The van der Waals surface area contributed by atoms with Crippen molar-refractivity contribution in [2.45, 2.75) is 18.2 Å². The number of carbonyl (C=O) groups excluding carboxylic acids is 1. The van der Waals surface area contributed by atoms with Crippen LogP contribution in [0, 0.1) is 0 Å². The fourth-order valence-electron chi connectivity index (χ4n) is 2.45. The van der Waals surface area contributed by atoms with Gasteiger partial charge in [0.15, 0.2) is 0 Å². The second-order valence-electron chi connectivity index (χ2n) is 4.70. The Bertz CT molecular complexity index is 611. The van der Waals surface area contributed by atoms with Gasteiger partial charge in [0.25, 0.3) is 5.91 Å². The van der Waals surface area contributed by atoms with Gasteiger partial charge in [-0.3, -0.25) is 10.0 Å². The molecule has 0 bridgehead atoms. The Morgan fingerprint density at radius 1 is 1.37 bits per heavy atom. The first-order valence-corrected chi connectivity index (χ1v) is 7.09. The first-order valence-electron chi connectivity index (χ1n) is 5.89. The van der Waals surface area contributed by atoms with Crippen LogP contribution >= 0.6 is 23.4 Å². The number of halogens is 1. The highest BCUT2D eigenvalue weighted by molar-refractivity contribution is 8.06. The number of benzene rings is 1. The Kier molecular flexibility index (Phi) is 2.96. The van der Waals surface area contributed by atoms with Crippen molar-refractivity contribution in [2.75, 3.05) is 0 Å². The Balaban J connectivity index is 2.04. The minimum Gasteiger partial charge on any atom is -0.284 e. The van der Waals surface area contributed by atoms with Crippen LogP contribution in [-0.2, 0) is 11.2 Å². The van der Waals surface area contributed by atoms with E-state index < -0.39 is 4.87 Å². The lowest BCUT2D eigenvalue weighted by molar-refractivity contribution is -0.165. The van der Waals surface area contributed by atoms with Crippen LogP contribution in [0.15, 0.2) is 51.9 Å². The molecule has 0 fully saturated rings. The number of thioether (sulfide) groups is 1. The topological polar surface area (TPSA) is 40.5 Å². The first kappa shape index (κ1) is 12.8. The first-order chi connectivity index (χ1) is 9.02. The maximum absolute atomic E-state index is 12.2. The van der Waals surface area contributed by atoms with Crippen LogP contribution in [0.5, 0.6) is 0 Å². The molecule has 0 saturated carbocycles. The minimum atomic E-state index is -0.779. The predicted molar refractivity (Wildman–Crippen MR) is 75.7 cm³/mol. The van der Waals surface area contributed by atoms with Crippen LogP contribution in [0.2, 0.25) is 0 Å². The summed E-state index contributed by atoms with van der Waals surface area (Å²) in [4.78, 5) is 11.4. The third kappa shape index (κ3) is 1.91. The van der Waals surface area contributed by atoms with Crippen LogP contribution in [0.1, 0.15) is 12.5 Å². The van der Waals surface area contributed by atoms with Crippen LogP contribution in [0.25, 0.3) is 0 Å². The number of hydroxylamine groups is 2. The zero-order chi connectivity index (χ0) is 13.6. The Hall–Kier alpha value is -1.23. The minimum absolute atomic E-state index is 0.339. The molecule has 1 aromatic carbocycles. The van der Waals surface area contributed by atoms with Gasteiger partial charge in [0.1, 0.15) is 4.87 Å². The second kappa shape index (κ2) is 4.40. The van der Waals surface area contributed by atoms with Gasteiger partial charge in [-0.05, 0) is 18.6 Å². The van der Waals surface area contributed by atoms with Crippen LogP contribution in [0.3, 0.4) is 0 Å². The van der Waals surface area contributed by atoms with E-state index in [-0.39, 0.29) is 5.91 Å². The summed E-state index contributed by atoms with van der Waals surface area (Å²) in [6.45, 7) is 1.80. The summed E-state index contributed by atoms with van der Waals surface area (Å²) in [5.41, 5.74) is 2.45. The molecule has 0 aromatic heterocycles. The Labute approximate surface area is 120 Å². The summed E-state index contributed by atoms with van der Waals surface area (Å²) in [5.74, 6) is -0.339. The Morgan fingerprint density at radius 2 is 2.05 bits per heavy atom. The lowest BCUT2D eigenvalue weighted by Crippen LogP contribution is -2.39. The number of carbonyl (C=O) groups is 1. The monoisotopic (exact) mass is 293 g/mol. The van der Waals surface area contributed by atoms with E-state index in [9.17, 15) is 10.0 Å². The highest BCUT2D eigenvalue weighted by Crippen LogP contribution is 2.53. The average molecular weight is 294 g/mol. The molecule has 0 spiro atoms. The molecular weight excluding hydrogens is 282 g/mol. The SMILES string of the molecule is CC12SC(Cl)=CC1=C(Cc1ccccc1)C(=O)N2O. The largest absolute Gasteiger partial charge is 0.284 e. The summed E-state index contributed by atoms with van der Waals surface area (Å²) in [6.07, 6.45) is 2.28. The summed E-state index contributed by atoms with van der Waals surface area (Å²) < 4.78 is 0.592. The van der Waals surface area contributed by atoms with Crippen molar-refractivity contribution < 1.29 is 10.0 Å². The number of rotatable bonds is 2. The zero-order valence-electron chi connectivity index (χ0n) is 10.3. The molecule has 0 aliphatic carbocycles. The van der Waals surface area contributed by atoms with Gasteiger partial charge in [-0.15, -0.1) is 0 Å². The molecule has 0 saturated heterocycles. The number of hydrogen-bond donors (Lipinski definition) is 1. The molecule has 3 nitrogen and oxygen atoms in total. The van der Waals surface area contributed by atoms with Crippen molar-refractivity contribution in [3.8, 4) is 0 Å². The van der Waals surface area contributed by atoms with E-state index in [2.05, 4.69) is 0 Å². The molecule has 0 radical (unpaired) electrons. The van der Waals surface area contributed by atoms with Gasteiger partial charge in [-0.1, -0.05) is 53.7 Å². The maximum Gasteiger partial charge on any atom is 0.275 e. The van der Waals surface area contributed by atoms with Gasteiger partial charge >= 0.3 is 0 Å². The molecule has 5 heteroatoms. The predicted octanol–water partition coefficient (Wildman–Crippen LogP) is 3.30. The molecule has 1 amide bonds. The summed E-state index contributed by atoms with van der Waals surface area (Å²) in [6, 6.07) is 9.73. The summed E-state index contributed by atoms with van der Waals surface area (Å²) >= 11 is 7.31. The third-order valence-corrected chi connectivity index (χ3v) is 4.90. The van der Waals surface area contributed by atoms with Crippen LogP contribution in [0.4, 0.5) is 0 Å². The number of fused-ring (bicyclic) bond motifs is 1. The van der Waals surface area contributed by atoms with Crippen LogP contribution in [-0.4, -0.2) is 21.0 Å². The summed E-state index contributed by atoms with van der Waals surface area (Å²) in [5, 5.41) is 10.8. The smallest absolute Gasteiger partial charge is 0.275 e.